The molecule has 5 nitrogen and oxygen atoms in total. The van der Waals surface area contributed by atoms with E-state index in [-0.39, 0.29) is 12.2 Å². The molecule has 0 fully saturated rings. The van der Waals surface area contributed by atoms with E-state index in [1.807, 2.05) is 12.1 Å². The summed E-state index contributed by atoms with van der Waals surface area (Å²) in [6, 6.07) is 12.0. The van der Waals surface area contributed by atoms with E-state index in [0.717, 1.165) is 8.04 Å². The summed E-state index contributed by atoms with van der Waals surface area (Å²) in [5.41, 5.74) is 1.18. The van der Waals surface area contributed by atoms with E-state index in [4.69, 9.17) is 4.74 Å². The summed E-state index contributed by atoms with van der Waals surface area (Å²) in [4.78, 5) is 28.5. The number of fused-ring (bicyclic) bond motifs is 1. The molecule has 0 saturated carbocycles. The van der Waals surface area contributed by atoms with Gasteiger partial charge in [-0.3, -0.25) is 9.20 Å². The molecule has 116 valence electrons. The van der Waals surface area contributed by atoms with Gasteiger partial charge in [-0.05, 0) is 62.8 Å². The Bertz CT molecular complexity index is 955. The summed E-state index contributed by atoms with van der Waals surface area (Å²) in [5, 5.41) is 0. The number of ether oxygens (including phenoxy) is 1. The minimum absolute atomic E-state index is 0.0500. The highest BCUT2D eigenvalue weighted by Gasteiger charge is 2.12. The Balaban J connectivity index is 1.82. The largest absolute Gasteiger partial charge is 0.456 e. The molecule has 0 radical (unpaired) electrons. The van der Waals surface area contributed by atoms with Crippen molar-refractivity contribution in [1.29, 1.82) is 0 Å². The van der Waals surface area contributed by atoms with Crippen LogP contribution in [0.1, 0.15) is 16.1 Å². The van der Waals surface area contributed by atoms with E-state index in [1.54, 1.807) is 30.5 Å². The van der Waals surface area contributed by atoms with Crippen LogP contribution in [0, 0.1) is 3.57 Å². The van der Waals surface area contributed by atoms with Crippen molar-refractivity contribution in [3.05, 3.63) is 78.3 Å². The average molecular weight is 485 g/mol. The lowest BCUT2D eigenvalue weighted by Gasteiger charge is -2.07. The van der Waals surface area contributed by atoms with Gasteiger partial charge in [0.25, 0.3) is 5.56 Å². The molecular weight excluding hydrogens is 475 g/mol. The van der Waals surface area contributed by atoms with Gasteiger partial charge in [0.15, 0.2) is 0 Å². The third kappa shape index (κ3) is 3.61. The summed E-state index contributed by atoms with van der Waals surface area (Å²) in [5.74, 6) is -0.437. The fourth-order valence-electron chi connectivity index (χ4n) is 2.04. The zero-order valence-corrected chi connectivity index (χ0v) is 15.4. The summed E-state index contributed by atoms with van der Waals surface area (Å²) in [6.45, 7) is -0.0500. The fraction of sp³-hybridized carbons (Fsp3) is 0.0625. The quantitative estimate of drug-likeness (QED) is 0.422. The lowest BCUT2D eigenvalue weighted by molar-refractivity contribution is 0.0466. The van der Waals surface area contributed by atoms with Crippen LogP contribution in [0.5, 0.6) is 0 Å². The highest BCUT2D eigenvalue weighted by Crippen LogP contribution is 2.14. The minimum Gasteiger partial charge on any atom is -0.456 e. The van der Waals surface area contributed by atoms with Crippen LogP contribution in [0.2, 0.25) is 0 Å². The molecule has 2 aromatic heterocycles. The maximum Gasteiger partial charge on any atom is 0.339 e. The molecule has 0 atom stereocenters. The maximum absolute atomic E-state index is 12.1. The zero-order valence-electron chi connectivity index (χ0n) is 11.7. The van der Waals surface area contributed by atoms with Crippen molar-refractivity contribution in [2.45, 2.75) is 6.61 Å². The first kappa shape index (κ1) is 16.1. The number of carbonyl (C=O) groups is 1. The Morgan fingerprint density at radius 1 is 1.26 bits per heavy atom. The standard InChI is InChI=1S/C16H10BrIN2O3/c17-10-5-6-14-19-11(7-15(21)20(14)8-10)9-23-16(22)12-3-1-2-4-13(12)18/h1-8H,9H2. The second-order valence-electron chi connectivity index (χ2n) is 4.72. The summed E-state index contributed by atoms with van der Waals surface area (Å²) >= 11 is 5.39. The van der Waals surface area contributed by atoms with Crippen LogP contribution in [0.4, 0.5) is 0 Å². The molecule has 7 heteroatoms. The van der Waals surface area contributed by atoms with E-state index < -0.39 is 5.97 Å². The molecule has 0 N–H and O–H groups in total. The van der Waals surface area contributed by atoms with Gasteiger partial charge < -0.3 is 4.74 Å². The van der Waals surface area contributed by atoms with Gasteiger partial charge in [0, 0.05) is 20.3 Å². The summed E-state index contributed by atoms with van der Waals surface area (Å²) in [7, 11) is 0. The van der Waals surface area contributed by atoms with Gasteiger partial charge in [-0.25, -0.2) is 9.78 Å². The number of halogens is 2. The van der Waals surface area contributed by atoms with E-state index >= 15 is 0 Å². The third-order valence-corrected chi connectivity index (χ3v) is 4.53. The van der Waals surface area contributed by atoms with Crippen molar-refractivity contribution in [2.24, 2.45) is 0 Å². The van der Waals surface area contributed by atoms with E-state index in [9.17, 15) is 9.59 Å². The molecule has 0 aliphatic rings. The van der Waals surface area contributed by atoms with E-state index in [2.05, 4.69) is 43.5 Å². The molecule has 0 unspecified atom stereocenters. The Kier molecular flexibility index (Phi) is 4.76. The number of carbonyl (C=O) groups excluding carboxylic acids is 1. The SMILES string of the molecule is O=C(OCc1cc(=O)n2cc(Br)ccc2n1)c1ccccc1I. The predicted octanol–water partition coefficient (Wildman–Crippen LogP) is 3.42. The van der Waals surface area contributed by atoms with Crippen molar-refractivity contribution >= 4 is 50.1 Å². The number of esters is 1. The Morgan fingerprint density at radius 3 is 2.83 bits per heavy atom. The van der Waals surface area contributed by atoms with Crippen LogP contribution in [-0.4, -0.2) is 15.4 Å². The van der Waals surface area contributed by atoms with Gasteiger partial charge in [0.05, 0.1) is 11.3 Å². The van der Waals surface area contributed by atoms with Gasteiger partial charge >= 0.3 is 5.97 Å². The van der Waals surface area contributed by atoms with Crippen molar-refractivity contribution in [2.75, 3.05) is 0 Å². The molecule has 0 bridgehead atoms. The molecule has 0 saturated heterocycles. The molecule has 0 amide bonds. The number of hydrogen-bond donors (Lipinski definition) is 0. The first-order valence-electron chi connectivity index (χ1n) is 6.64. The van der Waals surface area contributed by atoms with Crippen LogP contribution < -0.4 is 5.56 Å². The highest BCUT2D eigenvalue weighted by molar-refractivity contribution is 14.1. The predicted molar refractivity (Wildman–Crippen MR) is 97.4 cm³/mol. The van der Waals surface area contributed by atoms with Crippen LogP contribution >= 0.6 is 38.5 Å². The number of rotatable bonds is 3. The third-order valence-electron chi connectivity index (χ3n) is 3.12. The molecule has 0 aliphatic heterocycles. The second kappa shape index (κ2) is 6.79. The molecule has 0 spiro atoms. The number of nitrogens with zero attached hydrogens (tertiary/aromatic N) is 2. The van der Waals surface area contributed by atoms with E-state index in [1.165, 1.54) is 10.5 Å². The van der Waals surface area contributed by atoms with Crippen LogP contribution in [0.15, 0.2) is 57.9 Å². The Morgan fingerprint density at radius 2 is 2.04 bits per heavy atom. The molecule has 3 rings (SSSR count). The van der Waals surface area contributed by atoms with Crippen molar-refractivity contribution in [1.82, 2.24) is 9.38 Å². The smallest absolute Gasteiger partial charge is 0.339 e. The first-order valence-corrected chi connectivity index (χ1v) is 8.51. The summed E-state index contributed by atoms with van der Waals surface area (Å²) in [6.07, 6.45) is 1.65. The van der Waals surface area contributed by atoms with Gasteiger partial charge in [0.1, 0.15) is 12.3 Å². The summed E-state index contributed by atoms with van der Waals surface area (Å²) < 4.78 is 8.28. The molecule has 23 heavy (non-hydrogen) atoms. The van der Waals surface area contributed by atoms with Crippen molar-refractivity contribution < 1.29 is 9.53 Å². The molecule has 0 aliphatic carbocycles. The average Bonchev–Trinajstić information content (AvgIpc) is 2.54. The molecule has 2 heterocycles. The number of hydrogen-bond acceptors (Lipinski definition) is 4. The van der Waals surface area contributed by atoms with Gasteiger partial charge in [0.2, 0.25) is 0 Å². The number of benzene rings is 1. The van der Waals surface area contributed by atoms with Gasteiger partial charge in [-0.1, -0.05) is 12.1 Å². The lowest BCUT2D eigenvalue weighted by atomic mass is 10.2. The second-order valence-corrected chi connectivity index (χ2v) is 6.80. The Labute approximate surface area is 153 Å². The Hall–Kier alpha value is -1.74. The number of pyridine rings is 1. The van der Waals surface area contributed by atoms with Crippen LogP contribution in [0.25, 0.3) is 5.65 Å². The fourth-order valence-corrected chi connectivity index (χ4v) is 2.99. The van der Waals surface area contributed by atoms with Crippen LogP contribution in [-0.2, 0) is 11.3 Å². The number of aromatic nitrogens is 2. The van der Waals surface area contributed by atoms with Gasteiger partial charge in [-0.2, -0.15) is 0 Å². The topological polar surface area (TPSA) is 60.7 Å². The van der Waals surface area contributed by atoms with Crippen molar-refractivity contribution in [3.63, 3.8) is 0 Å². The van der Waals surface area contributed by atoms with Gasteiger partial charge in [-0.15, -0.1) is 0 Å². The van der Waals surface area contributed by atoms with Crippen LogP contribution in [0.3, 0.4) is 0 Å². The zero-order chi connectivity index (χ0) is 16.4. The normalized spacial score (nSPS) is 10.7. The first-order chi connectivity index (χ1) is 11.0. The van der Waals surface area contributed by atoms with Crippen molar-refractivity contribution in [3.8, 4) is 0 Å². The highest BCUT2D eigenvalue weighted by atomic mass is 127. The van der Waals surface area contributed by atoms with E-state index in [0.29, 0.717) is 16.9 Å². The minimum atomic E-state index is -0.437. The maximum atomic E-state index is 12.1. The monoisotopic (exact) mass is 484 g/mol. The lowest BCUT2D eigenvalue weighted by Crippen LogP contribution is -2.16. The molecule has 3 aromatic rings. The molecular formula is C16H10BrIN2O3. The molecule has 1 aromatic carbocycles.